The van der Waals surface area contributed by atoms with Crippen molar-refractivity contribution in [2.75, 3.05) is 33.2 Å². The fourth-order valence-corrected chi connectivity index (χ4v) is 4.10. The highest BCUT2D eigenvalue weighted by Gasteiger charge is 2.15. The van der Waals surface area contributed by atoms with E-state index in [2.05, 4.69) is 63.7 Å². The van der Waals surface area contributed by atoms with Crippen molar-refractivity contribution < 1.29 is 0 Å². The average Bonchev–Trinajstić information content (AvgIpc) is 3.08. The van der Waals surface area contributed by atoms with Gasteiger partial charge in [-0.15, -0.1) is 11.3 Å². The molecular weight excluding hydrogens is 354 g/mol. The first-order chi connectivity index (χ1) is 13.2. The van der Waals surface area contributed by atoms with Crippen LogP contribution in [-0.4, -0.2) is 54.0 Å². The topological polar surface area (TPSA) is 43.8 Å². The third-order valence-corrected chi connectivity index (χ3v) is 5.69. The van der Waals surface area contributed by atoms with Gasteiger partial charge in [0.15, 0.2) is 5.96 Å². The van der Waals surface area contributed by atoms with E-state index >= 15 is 0 Å². The van der Waals surface area contributed by atoms with Crippen LogP contribution in [0.3, 0.4) is 0 Å². The second-order valence-corrected chi connectivity index (χ2v) is 8.16. The Morgan fingerprint density at radius 2 is 2.15 bits per heavy atom. The zero-order chi connectivity index (χ0) is 19.1. The minimum Gasteiger partial charge on any atom is -0.357 e. The molecule has 0 bridgehead atoms. The Hall–Kier alpha value is -1.92. The van der Waals surface area contributed by atoms with Crippen molar-refractivity contribution in [3.8, 4) is 0 Å². The highest BCUT2D eigenvalue weighted by Crippen LogP contribution is 2.18. The standard InChI is InChI=1S/C21H31N5S/c1-4-22-21(25(3)15-20-16-27-17(2)24-20)23-11-7-12-26-13-10-18-8-5-6-9-19(18)14-26/h5-6,8-9,16H,4,7,10-15H2,1-3H3,(H,22,23). The molecule has 0 unspecified atom stereocenters. The summed E-state index contributed by atoms with van der Waals surface area (Å²) in [6, 6.07) is 8.82. The number of aromatic nitrogens is 1. The zero-order valence-corrected chi connectivity index (χ0v) is 17.6. The molecule has 0 atom stereocenters. The Balaban J connectivity index is 1.47. The first-order valence-electron chi connectivity index (χ1n) is 9.85. The molecule has 5 nitrogen and oxygen atoms in total. The van der Waals surface area contributed by atoms with Crippen molar-refractivity contribution in [1.29, 1.82) is 0 Å². The number of rotatable bonds is 7. The lowest BCUT2D eigenvalue weighted by atomic mass is 10.00. The van der Waals surface area contributed by atoms with Gasteiger partial charge in [0.1, 0.15) is 0 Å². The molecule has 0 saturated carbocycles. The van der Waals surface area contributed by atoms with E-state index in [0.717, 1.165) is 68.8 Å². The fourth-order valence-electron chi connectivity index (χ4n) is 3.49. The molecule has 1 aliphatic heterocycles. The Morgan fingerprint density at radius 1 is 1.33 bits per heavy atom. The van der Waals surface area contributed by atoms with E-state index in [1.54, 1.807) is 11.3 Å². The van der Waals surface area contributed by atoms with Gasteiger partial charge >= 0.3 is 0 Å². The van der Waals surface area contributed by atoms with Gasteiger partial charge in [-0.05, 0) is 37.8 Å². The molecule has 0 amide bonds. The molecule has 2 aromatic rings. The van der Waals surface area contributed by atoms with Crippen molar-refractivity contribution in [2.24, 2.45) is 4.99 Å². The second-order valence-electron chi connectivity index (χ2n) is 7.10. The molecule has 3 rings (SSSR count). The summed E-state index contributed by atoms with van der Waals surface area (Å²) in [7, 11) is 2.08. The number of guanidine groups is 1. The molecule has 0 saturated heterocycles. The number of hydrogen-bond acceptors (Lipinski definition) is 4. The molecule has 0 aliphatic carbocycles. The number of aryl methyl sites for hydroxylation is 1. The van der Waals surface area contributed by atoms with Gasteiger partial charge in [-0.25, -0.2) is 4.98 Å². The molecule has 146 valence electrons. The maximum atomic E-state index is 4.83. The largest absolute Gasteiger partial charge is 0.357 e. The Bertz CT molecular complexity index is 755. The van der Waals surface area contributed by atoms with E-state index in [4.69, 9.17) is 4.99 Å². The van der Waals surface area contributed by atoms with Gasteiger partial charge in [0, 0.05) is 45.2 Å². The molecule has 0 radical (unpaired) electrons. The monoisotopic (exact) mass is 385 g/mol. The van der Waals surface area contributed by atoms with E-state index in [9.17, 15) is 0 Å². The van der Waals surface area contributed by atoms with Crippen molar-refractivity contribution in [3.05, 3.63) is 51.5 Å². The molecule has 6 heteroatoms. The van der Waals surface area contributed by atoms with Crippen LogP contribution in [0, 0.1) is 6.92 Å². The van der Waals surface area contributed by atoms with E-state index < -0.39 is 0 Å². The predicted octanol–water partition coefficient (Wildman–Crippen LogP) is 3.30. The third-order valence-electron chi connectivity index (χ3n) is 4.87. The molecule has 0 fully saturated rings. The SMILES string of the molecule is CCNC(=NCCCN1CCc2ccccc2C1)N(C)Cc1csc(C)n1. The summed E-state index contributed by atoms with van der Waals surface area (Å²) in [5, 5.41) is 6.64. The summed E-state index contributed by atoms with van der Waals surface area (Å²) in [6.07, 6.45) is 2.25. The normalized spacial score (nSPS) is 14.9. The van der Waals surface area contributed by atoms with Crippen LogP contribution in [0.4, 0.5) is 0 Å². The molecule has 0 spiro atoms. The third kappa shape index (κ3) is 5.78. The molecule has 27 heavy (non-hydrogen) atoms. The Morgan fingerprint density at radius 3 is 2.89 bits per heavy atom. The van der Waals surface area contributed by atoms with Crippen LogP contribution in [0.1, 0.15) is 35.2 Å². The van der Waals surface area contributed by atoms with Crippen LogP contribution in [-0.2, 0) is 19.5 Å². The Labute approximate surface area is 167 Å². The van der Waals surface area contributed by atoms with Crippen LogP contribution in [0.15, 0.2) is 34.6 Å². The van der Waals surface area contributed by atoms with E-state index in [-0.39, 0.29) is 0 Å². The summed E-state index contributed by atoms with van der Waals surface area (Å²) in [5.74, 6) is 0.965. The maximum absolute atomic E-state index is 4.83. The lowest BCUT2D eigenvalue weighted by Gasteiger charge is -2.28. The number of nitrogens with zero attached hydrogens (tertiary/aromatic N) is 4. The van der Waals surface area contributed by atoms with Crippen LogP contribution in [0.2, 0.25) is 0 Å². The maximum Gasteiger partial charge on any atom is 0.194 e. The van der Waals surface area contributed by atoms with Crippen molar-refractivity contribution in [1.82, 2.24) is 20.1 Å². The summed E-state index contributed by atoms with van der Waals surface area (Å²) in [6.45, 7) is 10.0. The quantitative estimate of drug-likeness (QED) is 0.451. The summed E-state index contributed by atoms with van der Waals surface area (Å²) in [4.78, 5) is 14.1. The summed E-state index contributed by atoms with van der Waals surface area (Å²) < 4.78 is 0. The van der Waals surface area contributed by atoms with E-state index in [1.807, 2.05) is 6.92 Å². The van der Waals surface area contributed by atoms with E-state index in [0.29, 0.717) is 0 Å². The zero-order valence-electron chi connectivity index (χ0n) is 16.7. The lowest BCUT2D eigenvalue weighted by Crippen LogP contribution is -2.38. The van der Waals surface area contributed by atoms with E-state index in [1.165, 1.54) is 11.1 Å². The number of aliphatic imine (C=N–C) groups is 1. The summed E-state index contributed by atoms with van der Waals surface area (Å²) >= 11 is 1.70. The molecule has 1 N–H and O–H groups in total. The van der Waals surface area contributed by atoms with Gasteiger partial charge < -0.3 is 10.2 Å². The minimum absolute atomic E-state index is 0.791. The van der Waals surface area contributed by atoms with Crippen LogP contribution >= 0.6 is 11.3 Å². The smallest absolute Gasteiger partial charge is 0.194 e. The summed E-state index contributed by atoms with van der Waals surface area (Å²) in [5.41, 5.74) is 4.11. The average molecular weight is 386 g/mol. The van der Waals surface area contributed by atoms with Crippen LogP contribution < -0.4 is 5.32 Å². The van der Waals surface area contributed by atoms with Gasteiger partial charge in [0.25, 0.3) is 0 Å². The molecule has 1 aliphatic rings. The van der Waals surface area contributed by atoms with Gasteiger partial charge in [-0.1, -0.05) is 24.3 Å². The molecular formula is C21H31N5S. The highest BCUT2D eigenvalue weighted by atomic mass is 32.1. The number of thiazole rings is 1. The number of nitrogens with one attached hydrogen (secondary N) is 1. The van der Waals surface area contributed by atoms with Gasteiger partial charge in [0.05, 0.1) is 17.2 Å². The number of benzene rings is 1. The second kappa shape index (κ2) is 9.85. The predicted molar refractivity (Wildman–Crippen MR) is 114 cm³/mol. The minimum atomic E-state index is 0.791. The van der Waals surface area contributed by atoms with Gasteiger partial charge in [-0.2, -0.15) is 0 Å². The molecule has 2 heterocycles. The Kier molecular flexibility index (Phi) is 7.24. The molecule has 1 aromatic carbocycles. The number of hydrogen-bond donors (Lipinski definition) is 1. The van der Waals surface area contributed by atoms with Crippen LogP contribution in [0.5, 0.6) is 0 Å². The van der Waals surface area contributed by atoms with Crippen molar-refractivity contribution >= 4 is 17.3 Å². The van der Waals surface area contributed by atoms with Gasteiger partial charge in [-0.3, -0.25) is 9.89 Å². The van der Waals surface area contributed by atoms with Crippen molar-refractivity contribution in [2.45, 2.75) is 39.8 Å². The molecule has 1 aromatic heterocycles. The number of fused-ring (bicyclic) bond motifs is 1. The fraction of sp³-hybridized carbons (Fsp3) is 0.524. The highest BCUT2D eigenvalue weighted by molar-refractivity contribution is 7.09. The van der Waals surface area contributed by atoms with Crippen LogP contribution in [0.25, 0.3) is 0 Å². The van der Waals surface area contributed by atoms with Gasteiger partial charge in [0.2, 0.25) is 0 Å². The first-order valence-corrected chi connectivity index (χ1v) is 10.7. The lowest BCUT2D eigenvalue weighted by molar-refractivity contribution is 0.252. The first kappa shape index (κ1) is 19.8. The van der Waals surface area contributed by atoms with Crippen molar-refractivity contribution in [3.63, 3.8) is 0 Å².